The smallest absolute Gasteiger partial charge is 0.420 e. The van der Waals surface area contributed by atoms with Crippen LogP contribution in [0, 0.1) is 17.8 Å². The molecule has 0 saturated heterocycles. The average molecular weight is 477 g/mol. The minimum Gasteiger partial charge on any atom is -0.496 e. The van der Waals surface area contributed by atoms with Gasteiger partial charge in [0.1, 0.15) is 11.3 Å². The highest BCUT2D eigenvalue weighted by Crippen LogP contribution is 2.51. The number of benzene rings is 1. The SMILES string of the molecule is C/C=C/CCC1CCC(C2CCC(c3ccc(OC)c(C(F)(F)F)c3C(F)(F)F)CC2)CC1. The van der Waals surface area contributed by atoms with Gasteiger partial charge in [0, 0.05) is 0 Å². The Balaban J connectivity index is 1.70. The average Bonchev–Trinajstić information content (AvgIpc) is 2.77. The van der Waals surface area contributed by atoms with Crippen molar-refractivity contribution in [2.45, 2.75) is 89.4 Å². The van der Waals surface area contributed by atoms with Crippen LogP contribution in [-0.4, -0.2) is 7.11 Å². The van der Waals surface area contributed by atoms with Gasteiger partial charge in [0.2, 0.25) is 0 Å². The van der Waals surface area contributed by atoms with Crippen molar-refractivity contribution >= 4 is 0 Å². The molecule has 1 aromatic carbocycles. The first-order valence-corrected chi connectivity index (χ1v) is 12.0. The summed E-state index contributed by atoms with van der Waals surface area (Å²) in [5.41, 5.74) is -3.51. The molecule has 0 aliphatic heterocycles. The minimum atomic E-state index is -5.14. The molecular formula is C26H34F6O. The molecule has 2 aliphatic rings. The largest absolute Gasteiger partial charge is 0.496 e. The van der Waals surface area contributed by atoms with Crippen molar-refractivity contribution in [3.05, 3.63) is 41.0 Å². The highest BCUT2D eigenvalue weighted by Gasteiger charge is 2.48. The first kappa shape index (κ1) is 26.0. The van der Waals surface area contributed by atoms with Crippen LogP contribution in [0.25, 0.3) is 0 Å². The van der Waals surface area contributed by atoms with Gasteiger partial charge < -0.3 is 4.74 Å². The van der Waals surface area contributed by atoms with E-state index in [-0.39, 0.29) is 5.56 Å². The molecule has 0 radical (unpaired) electrons. The zero-order chi connectivity index (χ0) is 24.2. The van der Waals surface area contributed by atoms with Crippen molar-refractivity contribution in [1.82, 2.24) is 0 Å². The second-order valence-corrected chi connectivity index (χ2v) is 9.64. The zero-order valence-electron chi connectivity index (χ0n) is 19.4. The summed E-state index contributed by atoms with van der Waals surface area (Å²) in [7, 11) is 0.963. The normalized spacial score (nSPS) is 27.2. The third kappa shape index (κ3) is 6.27. The first-order chi connectivity index (χ1) is 15.6. The number of allylic oxidation sites excluding steroid dienone is 2. The highest BCUT2D eigenvalue weighted by atomic mass is 19.4. The van der Waals surface area contributed by atoms with Crippen molar-refractivity contribution in [1.29, 1.82) is 0 Å². The van der Waals surface area contributed by atoms with E-state index in [0.29, 0.717) is 24.7 Å². The molecule has 0 aromatic heterocycles. The number of rotatable bonds is 6. The molecule has 0 atom stereocenters. The van der Waals surface area contributed by atoms with Gasteiger partial charge >= 0.3 is 12.4 Å². The second-order valence-electron chi connectivity index (χ2n) is 9.64. The Morgan fingerprint density at radius 3 is 1.85 bits per heavy atom. The molecule has 0 bridgehead atoms. The van der Waals surface area contributed by atoms with Gasteiger partial charge in [-0.2, -0.15) is 26.3 Å². The molecule has 1 aromatic rings. The number of hydrogen-bond donors (Lipinski definition) is 0. The fourth-order valence-corrected chi connectivity index (χ4v) is 6.05. The van der Waals surface area contributed by atoms with Crippen LogP contribution in [0.3, 0.4) is 0 Å². The van der Waals surface area contributed by atoms with Gasteiger partial charge in [0.15, 0.2) is 0 Å². The van der Waals surface area contributed by atoms with E-state index in [1.807, 2.05) is 6.92 Å². The number of ether oxygens (including phenoxy) is 1. The first-order valence-electron chi connectivity index (χ1n) is 12.0. The number of halogens is 6. The van der Waals surface area contributed by atoms with Crippen LogP contribution in [0.1, 0.15) is 93.7 Å². The maximum absolute atomic E-state index is 13.9. The van der Waals surface area contributed by atoms with Gasteiger partial charge in [0.05, 0.1) is 12.7 Å². The predicted molar refractivity (Wildman–Crippen MR) is 117 cm³/mol. The van der Waals surface area contributed by atoms with Gasteiger partial charge in [0.25, 0.3) is 0 Å². The summed E-state index contributed by atoms with van der Waals surface area (Å²) in [6, 6.07) is 2.23. The summed E-state index contributed by atoms with van der Waals surface area (Å²) in [6.07, 6.45) is 3.63. The molecule has 0 heterocycles. The lowest BCUT2D eigenvalue weighted by Crippen LogP contribution is -2.27. The maximum atomic E-state index is 13.9. The van der Waals surface area contributed by atoms with E-state index in [1.165, 1.54) is 25.3 Å². The fraction of sp³-hybridized carbons (Fsp3) is 0.692. The molecule has 186 valence electrons. The standard InChI is InChI=1S/C26H34F6O/c1-3-4-5-6-17-7-9-18(10-8-17)19-11-13-20(14-12-19)21-15-16-22(33-2)24(26(30,31)32)23(21)25(27,28)29/h3-4,15-20H,5-14H2,1-2H3/b4-3+. The van der Waals surface area contributed by atoms with Crippen LogP contribution >= 0.6 is 0 Å². The lowest BCUT2D eigenvalue weighted by atomic mass is 9.67. The molecule has 33 heavy (non-hydrogen) atoms. The molecule has 0 spiro atoms. The Morgan fingerprint density at radius 1 is 0.818 bits per heavy atom. The van der Waals surface area contributed by atoms with E-state index in [2.05, 4.69) is 16.9 Å². The lowest BCUT2D eigenvalue weighted by molar-refractivity contribution is -0.163. The van der Waals surface area contributed by atoms with Gasteiger partial charge in [-0.15, -0.1) is 0 Å². The molecule has 0 unspecified atom stereocenters. The van der Waals surface area contributed by atoms with Crippen LogP contribution in [0.4, 0.5) is 26.3 Å². The highest BCUT2D eigenvalue weighted by molar-refractivity contribution is 5.50. The molecule has 0 N–H and O–H groups in total. The minimum absolute atomic E-state index is 0.234. The van der Waals surface area contributed by atoms with Crippen LogP contribution in [0.2, 0.25) is 0 Å². The molecule has 1 nitrogen and oxygen atoms in total. The van der Waals surface area contributed by atoms with Gasteiger partial charge in [-0.3, -0.25) is 0 Å². The molecule has 0 amide bonds. The summed E-state index contributed by atoms with van der Waals surface area (Å²) < 4.78 is 87.1. The van der Waals surface area contributed by atoms with Crippen molar-refractivity contribution in [2.24, 2.45) is 17.8 Å². The fourth-order valence-electron chi connectivity index (χ4n) is 6.05. The van der Waals surface area contributed by atoms with Crippen LogP contribution in [-0.2, 0) is 12.4 Å². The van der Waals surface area contributed by atoms with Crippen molar-refractivity contribution in [2.75, 3.05) is 7.11 Å². The number of methoxy groups -OCH3 is 1. The van der Waals surface area contributed by atoms with Crippen molar-refractivity contribution < 1.29 is 31.1 Å². The molecule has 7 heteroatoms. The summed E-state index contributed by atoms with van der Waals surface area (Å²) >= 11 is 0. The van der Waals surface area contributed by atoms with Gasteiger partial charge in [-0.25, -0.2) is 0 Å². The van der Waals surface area contributed by atoms with E-state index in [4.69, 9.17) is 0 Å². The molecular weight excluding hydrogens is 442 g/mol. The number of hydrogen-bond acceptors (Lipinski definition) is 1. The quantitative estimate of drug-likeness (QED) is 0.294. The molecule has 3 rings (SSSR count). The third-order valence-electron chi connectivity index (χ3n) is 7.73. The summed E-state index contributed by atoms with van der Waals surface area (Å²) in [4.78, 5) is 0. The lowest BCUT2D eigenvalue weighted by Gasteiger charge is -2.38. The zero-order valence-corrected chi connectivity index (χ0v) is 19.4. The Morgan fingerprint density at radius 2 is 1.36 bits per heavy atom. The Hall–Kier alpha value is -1.66. The van der Waals surface area contributed by atoms with Crippen molar-refractivity contribution in [3.8, 4) is 5.75 Å². The Bertz CT molecular complexity index is 794. The summed E-state index contributed by atoms with van der Waals surface area (Å²) in [5, 5.41) is 0. The summed E-state index contributed by atoms with van der Waals surface area (Å²) in [6.45, 7) is 2.03. The van der Waals surface area contributed by atoms with Gasteiger partial charge in [-0.1, -0.05) is 31.1 Å². The topological polar surface area (TPSA) is 9.23 Å². The Labute approximate surface area is 192 Å². The van der Waals surface area contributed by atoms with E-state index in [0.717, 1.165) is 51.2 Å². The van der Waals surface area contributed by atoms with Crippen LogP contribution in [0.15, 0.2) is 24.3 Å². The summed E-state index contributed by atoms with van der Waals surface area (Å²) in [5.74, 6) is 0.517. The third-order valence-corrected chi connectivity index (χ3v) is 7.73. The van der Waals surface area contributed by atoms with Crippen LogP contribution < -0.4 is 4.74 Å². The predicted octanol–water partition coefficient (Wildman–Crippen LogP) is 9.17. The van der Waals surface area contributed by atoms with Gasteiger partial charge in [-0.05, 0) is 93.6 Å². The van der Waals surface area contributed by atoms with E-state index >= 15 is 0 Å². The molecule has 2 fully saturated rings. The molecule has 2 aliphatic carbocycles. The van der Waals surface area contributed by atoms with Crippen molar-refractivity contribution in [3.63, 3.8) is 0 Å². The maximum Gasteiger partial charge on any atom is 0.420 e. The Kier molecular flexibility index (Phi) is 8.44. The second kappa shape index (κ2) is 10.7. The van der Waals surface area contributed by atoms with E-state index in [9.17, 15) is 26.3 Å². The van der Waals surface area contributed by atoms with E-state index in [1.54, 1.807) is 0 Å². The number of alkyl halides is 6. The van der Waals surface area contributed by atoms with E-state index < -0.39 is 35.1 Å². The monoisotopic (exact) mass is 476 g/mol. The van der Waals surface area contributed by atoms with Crippen LogP contribution in [0.5, 0.6) is 5.75 Å². The molecule has 2 saturated carbocycles.